The smallest absolute Gasteiger partial charge is 0.254 e. The van der Waals surface area contributed by atoms with E-state index in [1.165, 1.54) is 32.0 Å². The second-order valence-corrected chi connectivity index (χ2v) is 21.0. The normalized spacial score (nSPS) is 17.0. The molecule has 2 aromatic heterocycles. The van der Waals surface area contributed by atoms with Crippen LogP contribution in [0.1, 0.15) is 116 Å². The molecule has 3 saturated heterocycles. The Balaban J connectivity index is 0.000000110. The molecule has 5 amide bonds. The molecule has 20 heteroatoms. The predicted octanol–water partition coefficient (Wildman–Crippen LogP) is 10.2. The summed E-state index contributed by atoms with van der Waals surface area (Å²) >= 11 is 0. The van der Waals surface area contributed by atoms with E-state index >= 15 is 0 Å². The Kier molecular flexibility index (Phi) is 18.3. The highest BCUT2D eigenvalue weighted by atomic mass is 16.7. The van der Waals surface area contributed by atoms with Gasteiger partial charge in [0.1, 0.15) is 11.0 Å². The Morgan fingerprint density at radius 1 is 0.321 bits per heavy atom. The number of aromatic nitrogens is 2. The SMILES string of the molecule is O=C(c1ccc2c(c1)OCO2)N1CC=CC1.O=C(c1ccc2c(c1)OCO2)N1CCCC1.O=C(c1ccc2c(c1)OCO2)N1CCCCCC1.O=C(c1ccc2ocnc2c1)N1CC=CCC1.O=C(c1ccc2ocnc2c1)N1CCCCC1. The van der Waals surface area contributed by atoms with E-state index in [0.717, 1.165) is 119 Å². The maximum absolute atomic E-state index is 12.4. The Hall–Kier alpha value is -9.33. The number of hydrogen-bond acceptors (Lipinski definition) is 15. The van der Waals surface area contributed by atoms with Crippen LogP contribution in [0.15, 0.2) is 137 Å². The molecule has 5 aromatic carbocycles. The first-order valence-corrected chi connectivity index (χ1v) is 28.8. The van der Waals surface area contributed by atoms with Crippen molar-refractivity contribution in [2.75, 3.05) is 85.8 Å². The lowest BCUT2D eigenvalue weighted by Crippen LogP contribution is -2.35. The quantitative estimate of drug-likeness (QED) is 0.147. The zero-order valence-corrected chi connectivity index (χ0v) is 46.8. The molecule has 8 aliphatic rings. The fourth-order valence-electron chi connectivity index (χ4n) is 10.7. The van der Waals surface area contributed by atoms with Crippen molar-refractivity contribution >= 4 is 51.7 Å². The minimum Gasteiger partial charge on any atom is -0.454 e. The molecule has 0 aliphatic carbocycles. The molecule has 436 valence electrons. The molecule has 8 aliphatic heterocycles. The lowest BCUT2D eigenvalue weighted by Gasteiger charge is -2.26. The Labute approximate surface area is 486 Å². The first-order chi connectivity index (χ1) is 41.2. The number of piperidine rings is 1. The number of fused-ring (bicyclic) bond motifs is 5. The summed E-state index contributed by atoms with van der Waals surface area (Å²) in [6.07, 6.45) is 22.2. The third kappa shape index (κ3) is 13.8. The molecule has 0 spiro atoms. The lowest BCUT2D eigenvalue weighted by atomic mass is 10.1. The summed E-state index contributed by atoms with van der Waals surface area (Å²) in [5, 5.41) is 0. The van der Waals surface area contributed by atoms with Gasteiger partial charge in [-0.15, -0.1) is 0 Å². The van der Waals surface area contributed by atoms with Gasteiger partial charge in [0.05, 0.1) is 0 Å². The molecule has 7 aromatic rings. The van der Waals surface area contributed by atoms with Crippen molar-refractivity contribution in [2.24, 2.45) is 0 Å². The number of oxazole rings is 2. The van der Waals surface area contributed by atoms with Gasteiger partial charge in [-0.25, -0.2) is 9.97 Å². The molecule has 0 unspecified atom stereocenters. The fourth-order valence-corrected chi connectivity index (χ4v) is 10.7. The van der Waals surface area contributed by atoms with Gasteiger partial charge in [-0.3, -0.25) is 24.0 Å². The number of hydrogen-bond donors (Lipinski definition) is 0. The molecule has 10 heterocycles. The average molecular weight is 1140 g/mol. The number of carbonyl (C=O) groups is 5. The number of rotatable bonds is 5. The van der Waals surface area contributed by atoms with Gasteiger partial charge in [0, 0.05) is 93.3 Å². The summed E-state index contributed by atoms with van der Waals surface area (Å²) in [5.74, 6) is 4.54. The van der Waals surface area contributed by atoms with E-state index in [1.54, 1.807) is 77.7 Å². The van der Waals surface area contributed by atoms with E-state index in [9.17, 15) is 24.0 Å². The lowest BCUT2D eigenvalue weighted by molar-refractivity contribution is 0.0721. The van der Waals surface area contributed by atoms with Crippen LogP contribution in [0.3, 0.4) is 0 Å². The highest BCUT2D eigenvalue weighted by molar-refractivity contribution is 5.99. The topological polar surface area (TPSA) is 209 Å². The molecule has 3 fully saturated rings. The van der Waals surface area contributed by atoms with Crippen LogP contribution in [0.2, 0.25) is 0 Å². The molecule has 0 bridgehead atoms. The van der Waals surface area contributed by atoms with Crippen LogP contribution in [0.4, 0.5) is 0 Å². The first-order valence-electron chi connectivity index (χ1n) is 28.8. The highest BCUT2D eigenvalue weighted by Gasteiger charge is 2.25. The molecular formula is C64H67N7O13. The summed E-state index contributed by atoms with van der Waals surface area (Å²) in [6, 6.07) is 26.8. The average Bonchev–Trinajstić information content (AvgIpc) is 4.59. The summed E-state index contributed by atoms with van der Waals surface area (Å²) in [4.78, 5) is 78.4. The molecule has 0 saturated carbocycles. The fraction of sp³-hybridized carbons (Fsp3) is 0.359. The zero-order chi connectivity index (χ0) is 57.6. The number of carbonyl (C=O) groups excluding carboxylic acids is 5. The Morgan fingerprint density at radius 3 is 1.05 bits per heavy atom. The summed E-state index contributed by atoms with van der Waals surface area (Å²) < 4.78 is 41.8. The van der Waals surface area contributed by atoms with E-state index in [-0.39, 0.29) is 49.9 Å². The molecule has 0 atom stereocenters. The molecule has 15 rings (SSSR count). The number of ether oxygens (including phenoxy) is 6. The van der Waals surface area contributed by atoms with Crippen molar-refractivity contribution in [3.63, 3.8) is 0 Å². The number of benzene rings is 5. The van der Waals surface area contributed by atoms with Crippen LogP contribution in [0.5, 0.6) is 34.5 Å². The number of amides is 5. The van der Waals surface area contributed by atoms with Crippen molar-refractivity contribution < 1.29 is 61.2 Å². The van der Waals surface area contributed by atoms with Crippen molar-refractivity contribution in [2.45, 2.75) is 64.2 Å². The van der Waals surface area contributed by atoms with Gasteiger partial charge in [0.25, 0.3) is 29.5 Å². The first kappa shape index (κ1) is 56.5. The van der Waals surface area contributed by atoms with Gasteiger partial charge in [0.15, 0.2) is 58.5 Å². The highest BCUT2D eigenvalue weighted by Crippen LogP contribution is 2.35. The van der Waals surface area contributed by atoms with Crippen LogP contribution in [-0.2, 0) is 0 Å². The molecular weight excluding hydrogens is 1070 g/mol. The van der Waals surface area contributed by atoms with Crippen LogP contribution in [-0.4, -0.2) is 150 Å². The van der Waals surface area contributed by atoms with E-state index in [2.05, 4.69) is 16.0 Å². The van der Waals surface area contributed by atoms with Crippen LogP contribution in [0, 0.1) is 0 Å². The van der Waals surface area contributed by atoms with Gasteiger partial charge in [-0.05, 0) is 142 Å². The van der Waals surface area contributed by atoms with Gasteiger partial charge in [-0.1, -0.05) is 37.1 Å². The minimum atomic E-state index is 0.0308. The van der Waals surface area contributed by atoms with Crippen LogP contribution in [0.25, 0.3) is 22.2 Å². The summed E-state index contributed by atoms with van der Waals surface area (Å²) in [5.41, 5.74) is 6.30. The third-order valence-corrected chi connectivity index (χ3v) is 15.4. The van der Waals surface area contributed by atoms with Gasteiger partial charge < -0.3 is 61.8 Å². The van der Waals surface area contributed by atoms with E-state index in [4.69, 9.17) is 37.3 Å². The van der Waals surface area contributed by atoms with Gasteiger partial charge >= 0.3 is 0 Å². The summed E-state index contributed by atoms with van der Waals surface area (Å²) in [7, 11) is 0. The van der Waals surface area contributed by atoms with Crippen molar-refractivity contribution in [1.29, 1.82) is 0 Å². The molecule has 0 radical (unpaired) electrons. The van der Waals surface area contributed by atoms with Crippen molar-refractivity contribution in [3.05, 3.63) is 156 Å². The maximum atomic E-state index is 12.4. The second kappa shape index (κ2) is 27.2. The van der Waals surface area contributed by atoms with Crippen LogP contribution < -0.4 is 28.4 Å². The third-order valence-electron chi connectivity index (χ3n) is 15.4. The molecule has 84 heavy (non-hydrogen) atoms. The second-order valence-electron chi connectivity index (χ2n) is 21.0. The monoisotopic (exact) mass is 1140 g/mol. The largest absolute Gasteiger partial charge is 0.454 e. The summed E-state index contributed by atoms with van der Waals surface area (Å²) in [6.45, 7) is 8.79. The number of nitrogens with zero attached hydrogens (tertiary/aromatic N) is 7. The van der Waals surface area contributed by atoms with E-state index < -0.39 is 0 Å². The van der Waals surface area contributed by atoms with Crippen LogP contribution >= 0.6 is 0 Å². The predicted molar refractivity (Wildman–Crippen MR) is 310 cm³/mol. The van der Waals surface area contributed by atoms with Gasteiger partial charge in [-0.2, -0.15) is 0 Å². The van der Waals surface area contributed by atoms with Gasteiger partial charge in [0.2, 0.25) is 20.4 Å². The van der Waals surface area contributed by atoms with Crippen molar-refractivity contribution in [3.8, 4) is 34.5 Å². The Bertz CT molecular complexity index is 3460. The number of likely N-dealkylation sites (tertiary alicyclic amines) is 3. The maximum Gasteiger partial charge on any atom is 0.254 e. The zero-order valence-electron chi connectivity index (χ0n) is 46.8. The molecule has 0 N–H and O–H groups in total. The van der Waals surface area contributed by atoms with Crippen molar-refractivity contribution in [1.82, 2.24) is 34.5 Å². The Morgan fingerprint density at radius 2 is 0.643 bits per heavy atom. The standard InChI is InChI=1S/C14H17NO3.C13H14N2O2.C13H12N2O2.C12H13NO3.C12H11NO3/c16-14(15-7-3-1-2-4-8-15)11-5-6-12-13(9-11)18-10-17-12;2*16-13(15-6-2-1-3-7-15)10-4-5-12-11(8-10)14-9-17-12;2*14-12(13-5-1-2-6-13)9-3-4-10-11(7-9)16-8-15-10/h5-6,9H,1-4,7-8,10H2;4-5,8-9H,1-3,6-7H2;1-2,4-5,8-9H,3,6-7H2;3-4,7H,1-2,5-6,8H2;1-4,7H,5-6,8H2. The minimum absolute atomic E-state index is 0.0308. The van der Waals surface area contributed by atoms with E-state index in [0.29, 0.717) is 76.0 Å². The van der Waals surface area contributed by atoms with E-state index in [1.807, 2.05) is 56.0 Å². The molecule has 20 nitrogen and oxygen atoms in total.